The van der Waals surface area contributed by atoms with Crippen molar-refractivity contribution in [1.29, 1.82) is 5.26 Å². The van der Waals surface area contributed by atoms with Gasteiger partial charge in [-0.1, -0.05) is 0 Å². The van der Waals surface area contributed by atoms with Crippen molar-refractivity contribution in [2.45, 2.75) is 32.7 Å². The Morgan fingerprint density at radius 2 is 2.00 bits per heavy atom. The van der Waals surface area contributed by atoms with E-state index in [0.29, 0.717) is 37.3 Å². The molecule has 2 rings (SSSR count). The number of aromatic nitrogens is 1. The van der Waals surface area contributed by atoms with Gasteiger partial charge >= 0.3 is 0 Å². The molecule has 21 heavy (non-hydrogen) atoms. The third kappa shape index (κ3) is 3.93. The first-order valence-corrected chi connectivity index (χ1v) is 8.80. The third-order valence-electron chi connectivity index (χ3n) is 3.61. The minimum absolute atomic E-state index is 0.0345. The standard InChI is InChI=1S/C14H20N4O2S/c1-10-8-11(2)16-14(13(10)9-15)18-6-4-12(5-7-18)17-21(3,19)20/h8,12,17H,4-7H2,1-3H3. The van der Waals surface area contributed by atoms with Crippen molar-refractivity contribution >= 4 is 15.8 Å². The number of nitrogens with zero attached hydrogens (tertiary/aromatic N) is 3. The predicted octanol–water partition coefficient (Wildman–Crippen LogP) is 1.09. The number of nitriles is 1. The summed E-state index contributed by atoms with van der Waals surface area (Å²) < 4.78 is 25.2. The molecule has 0 atom stereocenters. The fourth-order valence-corrected chi connectivity index (χ4v) is 3.54. The molecule has 0 saturated carbocycles. The van der Waals surface area contributed by atoms with Gasteiger partial charge in [-0.25, -0.2) is 18.1 Å². The fourth-order valence-electron chi connectivity index (χ4n) is 2.70. The molecule has 0 aliphatic carbocycles. The normalized spacial score (nSPS) is 16.8. The molecule has 0 amide bonds. The molecule has 0 spiro atoms. The van der Waals surface area contributed by atoms with Crippen LogP contribution in [0.3, 0.4) is 0 Å². The Morgan fingerprint density at radius 3 is 2.52 bits per heavy atom. The number of sulfonamides is 1. The van der Waals surface area contributed by atoms with Crippen molar-refractivity contribution in [1.82, 2.24) is 9.71 Å². The number of anilines is 1. The first kappa shape index (κ1) is 15.7. The van der Waals surface area contributed by atoms with E-state index in [1.54, 1.807) is 0 Å². The highest BCUT2D eigenvalue weighted by Crippen LogP contribution is 2.25. The van der Waals surface area contributed by atoms with E-state index in [4.69, 9.17) is 0 Å². The Balaban J connectivity index is 2.15. The van der Waals surface area contributed by atoms with Gasteiger partial charge in [0.25, 0.3) is 0 Å². The Kier molecular flexibility index (Phi) is 4.49. The predicted molar refractivity (Wildman–Crippen MR) is 81.6 cm³/mol. The highest BCUT2D eigenvalue weighted by Gasteiger charge is 2.24. The third-order valence-corrected chi connectivity index (χ3v) is 4.37. The van der Waals surface area contributed by atoms with Gasteiger partial charge in [0.1, 0.15) is 11.9 Å². The summed E-state index contributed by atoms with van der Waals surface area (Å²) in [7, 11) is -3.17. The lowest BCUT2D eigenvalue weighted by molar-refractivity contribution is 0.459. The van der Waals surface area contributed by atoms with E-state index in [0.717, 1.165) is 11.3 Å². The molecular formula is C14H20N4O2S. The Bertz CT molecular complexity index is 671. The van der Waals surface area contributed by atoms with Crippen LogP contribution < -0.4 is 9.62 Å². The maximum Gasteiger partial charge on any atom is 0.208 e. The molecule has 0 bridgehead atoms. The number of rotatable bonds is 3. The summed E-state index contributed by atoms with van der Waals surface area (Å²) in [6.45, 7) is 5.21. The molecule has 1 aromatic heterocycles. The summed E-state index contributed by atoms with van der Waals surface area (Å²) >= 11 is 0. The van der Waals surface area contributed by atoms with Gasteiger partial charge < -0.3 is 4.90 Å². The summed E-state index contributed by atoms with van der Waals surface area (Å²) in [5.74, 6) is 0.716. The molecule has 1 N–H and O–H groups in total. The van der Waals surface area contributed by atoms with Crippen LogP contribution in [0.2, 0.25) is 0 Å². The van der Waals surface area contributed by atoms with Crippen LogP contribution in [0.5, 0.6) is 0 Å². The van der Waals surface area contributed by atoms with E-state index < -0.39 is 10.0 Å². The van der Waals surface area contributed by atoms with Crippen LogP contribution in [0.4, 0.5) is 5.82 Å². The minimum atomic E-state index is -3.17. The maximum atomic E-state index is 11.3. The zero-order valence-electron chi connectivity index (χ0n) is 12.5. The molecule has 1 aromatic rings. The fraction of sp³-hybridized carbons (Fsp3) is 0.571. The average Bonchev–Trinajstić information content (AvgIpc) is 2.37. The molecule has 1 saturated heterocycles. The van der Waals surface area contributed by atoms with Gasteiger partial charge in [0.05, 0.1) is 11.8 Å². The molecule has 1 aliphatic heterocycles. The lowest BCUT2D eigenvalue weighted by Gasteiger charge is -2.33. The number of nitrogens with one attached hydrogen (secondary N) is 1. The summed E-state index contributed by atoms with van der Waals surface area (Å²) in [4.78, 5) is 6.56. The molecule has 0 radical (unpaired) electrons. The highest BCUT2D eigenvalue weighted by atomic mass is 32.2. The molecule has 2 heterocycles. The smallest absolute Gasteiger partial charge is 0.208 e. The molecule has 0 aromatic carbocycles. The number of pyridine rings is 1. The Hall–Kier alpha value is -1.65. The van der Waals surface area contributed by atoms with Crippen molar-refractivity contribution in [2.75, 3.05) is 24.2 Å². The lowest BCUT2D eigenvalue weighted by Crippen LogP contribution is -2.44. The van der Waals surface area contributed by atoms with Crippen LogP contribution in [0.1, 0.15) is 29.7 Å². The topological polar surface area (TPSA) is 86.1 Å². The van der Waals surface area contributed by atoms with Gasteiger partial charge in [-0.3, -0.25) is 0 Å². The largest absolute Gasteiger partial charge is 0.355 e. The summed E-state index contributed by atoms with van der Waals surface area (Å²) in [6.07, 6.45) is 2.61. The first-order valence-electron chi connectivity index (χ1n) is 6.91. The second kappa shape index (κ2) is 6.00. The van der Waals surface area contributed by atoms with Gasteiger partial charge in [0.2, 0.25) is 10.0 Å². The second-order valence-electron chi connectivity index (χ2n) is 5.54. The Morgan fingerprint density at radius 1 is 1.38 bits per heavy atom. The van der Waals surface area contributed by atoms with E-state index in [9.17, 15) is 13.7 Å². The Labute approximate surface area is 125 Å². The minimum Gasteiger partial charge on any atom is -0.355 e. The van der Waals surface area contributed by atoms with Gasteiger partial charge in [-0.15, -0.1) is 0 Å². The van der Waals surface area contributed by atoms with Crippen molar-refractivity contribution in [3.05, 3.63) is 22.9 Å². The van der Waals surface area contributed by atoms with E-state index in [1.807, 2.05) is 19.9 Å². The maximum absolute atomic E-state index is 11.3. The first-order chi connectivity index (χ1) is 9.80. The van der Waals surface area contributed by atoms with Crippen molar-refractivity contribution in [3.63, 3.8) is 0 Å². The SMILES string of the molecule is Cc1cc(C)c(C#N)c(N2CCC(NS(C)(=O)=O)CC2)n1. The van der Waals surface area contributed by atoms with Crippen LogP contribution in [0.25, 0.3) is 0 Å². The number of piperidine rings is 1. The quantitative estimate of drug-likeness (QED) is 0.903. The van der Waals surface area contributed by atoms with E-state index in [1.165, 1.54) is 6.26 Å². The van der Waals surface area contributed by atoms with Gasteiger partial charge in [-0.05, 0) is 38.3 Å². The molecule has 114 valence electrons. The molecule has 6 nitrogen and oxygen atoms in total. The molecular weight excluding hydrogens is 288 g/mol. The second-order valence-corrected chi connectivity index (χ2v) is 7.32. The van der Waals surface area contributed by atoms with Crippen molar-refractivity contribution in [2.24, 2.45) is 0 Å². The van der Waals surface area contributed by atoms with Gasteiger partial charge in [-0.2, -0.15) is 5.26 Å². The van der Waals surface area contributed by atoms with Crippen molar-refractivity contribution in [3.8, 4) is 6.07 Å². The van der Waals surface area contributed by atoms with Crippen LogP contribution in [-0.4, -0.2) is 38.8 Å². The van der Waals surface area contributed by atoms with E-state index in [2.05, 4.69) is 20.7 Å². The van der Waals surface area contributed by atoms with E-state index >= 15 is 0 Å². The molecule has 1 aliphatic rings. The monoisotopic (exact) mass is 308 g/mol. The average molecular weight is 308 g/mol. The molecule has 0 unspecified atom stereocenters. The number of aryl methyl sites for hydroxylation is 2. The lowest BCUT2D eigenvalue weighted by atomic mass is 10.0. The van der Waals surface area contributed by atoms with Crippen LogP contribution in [-0.2, 0) is 10.0 Å². The zero-order chi connectivity index (χ0) is 15.6. The zero-order valence-corrected chi connectivity index (χ0v) is 13.4. The van der Waals surface area contributed by atoms with Crippen LogP contribution >= 0.6 is 0 Å². The van der Waals surface area contributed by atoms with Crippen molar-refractivity contribution < 1.29 is 8.42 Å². The number of hydrogen-bond acceptors (Lipinski definition) is 5. The van der Waals surface area contributed by atoms with Crippen LogP contribution in [0, 0.1) is 25.2 Å². The van der Waals surface area contributed by atoms with Crippen LogP contribution in [0.15, 0.2) is 6.07 Å². The highest BCUT2D eigenvalue weighted by molar-refractivity contribution is 7.88. The summed E-state index contributed by atoms with van der Waals surface area (Å²) in [6, 6.07) is 4.09. The van der Waals surface area contributed by atoms with E-state index in [-0.39, 0.29) is 6.04 Å². The van der Waals surface area contributed by atoms with Gasteiger partial charge in [0.15, 0.2) is 0 Å². The number of hydrogen-bond donors (Lipinski definition) is 1. The van der Waals surface area contributed by atoms with Gasteiger partial charge in [0, 0.05) is 24.8 Å². The molecule has 7 heteroatoms. The molecule has 1 fully saturated rings. The summed E-state index contributed by atoms with van der Waals surface area (Å²) in [5, 5.41) is 9.32. The summed E-state index contributed by atoms with van der Waals surface area (Å²) in [5.41, 5.74) is 2.42.